The summed E-state index contributed by atoms with van der Waals surface area (Å²) in [5.74, 6) is 1.29. The van der Waals surface area contributed by atoms with E-state index in [9.17, 15) is 4.79 Å². The van der Waals surface area contributed by atoms with Crippen molar-refractivity contribution < 1.29 is 19.1 Å². The van der Waals surface area contributed by atoms with Gasteiger partial charge in [0.25, 0.3) is 0 Å². The summed E-state index contributed by atoms with van der Waals surface area (Å²) in [7, 11) is 0. The molecule has 25 heavy (non-hydrogen) atoms. The molecule has 0 spiro atoms. The Morgan fingerprint density at radius 1 is 1.16 bits per heavy atom. The number of rotatable bonds is 10. The summed E-state index contributed by atoms with van der Waals surface area (Å²) in [5, 5.41) is 15.6. The van der Waals surface area contributed by atoms with Gasteiger partial charge in [0.05, 0.1) is 24.8 Å². The number of esters is 1. The average Bonchev–Trinajstić information content (AvgIpc) is 3.07. The highest BCUT2D eigenvalue weighted by molar-refractivity contribution is 5.89. The Labute approximate surface area is 148 Å². The first-order valence-corrected chi connectivity index (χ1v) is 8.56. The highest BCUT2D eigenvalue weighted by Crippen LogP contribution is 2.22. The summed E-state index contributed by atoms with van der Waals surface area (Å²) in [4.78, 5) is 11.7. The molecule has 1 aromatic carbocycles. The largest absolute Gasteiger partial charge is 0.462 e. The smallest absolute Gasteiger partial charge is 0.338 e. The number of furan rings is 1. The number of carbonyl (C=O) groups excluding carboxylic acids is 1. The van der Waals surface area contributed by atoms with E-state index in [1.165, 1.54) is 0 Å². The van der Waals surface area contributed by atoms with Crippen LogP contribution in [0.25, 0.3) is 11.3 Å². The highest BCUT2D eigenvalue weighted by Gasteiger charge is 2.08. The fourth-order valence-electron chi connectivity index (χ4n) is 2.31. The Morgan fingerprint density at radius 3 is 2.56 bits per heavy atom. The SMILES string of the molecule is CCOC(=O)c1ccc(-c2ccc(CNCCNCC(C)O)o2)cc1. The molecule has 1 unspecified atom stereocenters. The van der Waals surface area contributed by atoms with E-state index in [0.29, 0.717) is 25.3 Å². The van der Waals surface area contributed by atoms with Crippen LogP contribution in [0.4, 0.5) is 0 Å². The molecule has 2 aromatic rings. The van der Waals surface area contributed by atoms with Crippen molar-refractivity contribution in [3.63, 3.8) is 0 Å². The van der Waals surface area contributed by atoms with Crippen molar-refractivity contribution in [2.24, 2.45) is 0 Å². The summed E-state index contributed by atoms with van der Waals surface area (Å²) in [6.07, 6.45) is -0.331. The lowest BCUT2D eigenvalue weighted by atomic mass is 10.1. The van der Waals surface area contributed by atoms with Crippen LogP contribution in [0.2, 0.25) is 0 Å². The maximum atomic E-state index is 11.7. The van der Waals surface area contributed by atoms with Crippen LogP contribution in [-0.2, 0) is 11.3 Å². The minimum Gasteiger partial charge on any atom is -0.462 e. The molecule has 0 fully saturated rings. The molecule has 0 aliphatic carbocycles. The van der Waals surface area contributed by atoms with Gasteiger partial charge in [0.1, 0.15) is 11.5 Å². The molecule has 3 N–H and O–H groups in total. The molecule has 0 bridgehead atoms. The molecule has 6 heteroatoms. The number of carbonyl (C=O) groups is 1. The van der Waals surface area contributed by atoms with Crippen molar-refractivity contribution in [2.45, 2.75) is 26.5 Å². The molecule has 0 aliphatic rings. The van der Waals surface area contributed by atoms with Crippen molar-refractivity contribution in [3.05, 3.63) is 47.7 Å². The van der Waals surface area contributed by atoms with E-state index in [1.54, 1.807) is 26.0 Å². The zero-order valence-corrected chi connectivity index (χ0v) is 14.7. The van der Waals surface area contributed by atoms with Crippen molar-refractivity contribution >= 4 is 5.97 Å². The van der Waals surface area contributed by atoms with E-state index >= 15 is 0 Å². The van der Waals surface area contributed by atoms with Gasteiger partial charge in [-0.25, -0.2) is 4.79 Å². The van der Waals surface area contributed by atoms with Crippen LogP contribution in [0.5, 0.6) is 0 Å². The fourth-order valence-corrected chi connectivity index (χ4v) is 2.31. The van der Waals surface area contributed by atoms with Crippen molar-refractivity contribution in [1.82, 2.24) is 10.6 Å². The second-order valence-corrected chi connectivity index (χ2v) is 5.79. The molecule has 6 nitrogen and oxygen atoms in total. The fraction of sp³-hybridized carbons (Fsp3) is 0.421. The maximum Gasteiger partial charge on any atom is 0.338 e. The Bertz CT molecular complexity index is 650. The van der Waals surface area contributed by atoms with Crippen molar-refractivity contribution in [3.8, 4) is 11.3 Å². The minimum atomic E-state index is -0.331. The van der Waals surface area contributed by atoms with Gasteiger partial charge in [0, 0.05) is 25.2 Å². The molecule has 0 amide bonds. The topological polar surface area (TPSA) is 83.7 Å². The number of aliphatic hydroxyl groups is 1. The minimum absolute atomic E-state index is 0.317. The number of aliphatic hydroxyl groups excluding tert-OH is 1. The zero-order chi connectivity index (χ0) is 18.1. The lowest BCUT2D eigenvalue weighted by molar-refractivity contribution is 0.0526. The summed E-state index contributed by atoms with van der Waals surface area (Å²) in [5.41, 5.74) is 1.45. The molecule has 136 valence electrons. The van der Waals surface area contributed by atoms with Crippen LogP contribution in [0.3, 0.4) is 0 Å². The molecular weight excluding hydrogens is 320 g/mol. The van der Waals surface area contributed by atoms with Crippen LogP contribution in [0.15, 0.2) is 40.8 Å². The second kappa shape index (κ2) is 9.98. The van der Waals surface area contributed by atoms with E-state index in [2.05, 4.69) is 10.6 Å². The molecule has 0 aliphatic heterocycles. The molecule has 0 saturated carbocycles. The normalized spacial score (nSPS) is 12.1. The molecule has 0 saturated heterocycles. The Morgan fingerprint density at radius 2 is 1.88 bits per heavy atom. The van der Waals surface area contributed by atoms with Gasteiger partial charge in [0.2, 0.25) is 0 Å². The third-order valence-corrected chi connectivity index (χ3v) is 3.56. The Balaban J connectivity index is 1.81. The number of ether oxygens (including phenoxy) is 1. The van der Waals surface area contributed by atoms with Gasteiger partial charge in [0.15, 0.2) is 0 Å². The van der Waals surface area contributed by atoms with Crippen molar-refractivity contribution in [2.75, 3.05) is 26.2 Å². The van der Waals surface area contributed by atoms with Crippen LogP contribution >= 0.6 is 0 Å². The van der Waals surface area contributed by atoms with E-state index in [-0.39, 0.29) is 12.1 Å². The number of hydrogen-bond donors (Lipinski definition) is 3. The summed E-state index contributed by atoms with van der Waals surface area (Å²) < 4.78 is 10.8. The van der Waals surface area contributed by atoms with Crippen LogP contribution in [0.1, 0.15) is 30.0 Å². The molecule has 0 radical (unpaired) electrons. The number of hydrogen-bond acceptors (Lipinski definition) is 6. The van der Waals surface area contributed by atoms with Gasteiger partial charge >= 0.3 is 5.97 Å². The summed E-state index contributed by atoms with van der Waals surface area (Å²) in [6.45, 7) is 6.71. The average molecular weight is 346 g/mol. The van der Waals surface area contributed by atoms with Gasteiger partial charge in [-0.1, -0.05) is 12.1 Å². The number of nitrogens with one attached hydrogen (secondary N) is 2. The summed E-state index contributed by atoms with van der Waals surface area (Å²) >= 11 is 0. The van der Waals surface area contributed by atoms with Gasteiger partial charge in [-0.05, 0) is 38.1 Å². The number of benzene rings is 1. The standard InChI is InChI=1S/C19H26N2O4/c1-3-24-19(23)16-6-4-15(5-7-16)18-9-8-17(25-18)13-21-11-10-20-12-14(2)22/h4-9,14,20-22H,3,10-13H2,1-2H3. The monoisotopic (exact) mass is 346 g/mol. The summed E-state index contributed by atoms with van der Waals surface area (Å²) in [6, 6.07) is 11.0. The van der Waals surface area contributed by atoms with Crippen LogP contribution in [0, 0.1) is 0 Å². The first-order chi connectivity index (χ1) is 12.1. The van der Waals surface area contributed by atoms with E-state index in [1.807, 2.05) is 24.3 Å². The van der Waals surface area contributed by atoms with E-state index in [4.69, 9.17) is 14.3 Å². The predicted molar refractivity (Wildman–Crippen MR) is 96.4 cm³/mol. The first-order valence-electron chi connectivity index (χ1n) is 8.56. The lowest BCUT2D eigenvalue weighted by Gasteiger charge is -2.07. The van der Waals surface area contributed by atoms with Crippen molar-refractivity contribution in [1.29, 1.82) is 0 Å². The lowest BCUT2D eigenvalue weighted by Crippen LogP contribution is -2.31. The highest BCUT2D eigenvalue weighted by atomic mass is 16.5. The van der Waals surface area contributed by atoms with E-state index < -0.39 is 0 Å². The molecule has 2 rings (SSSR count). The quantitative estimate of drug-likeness (QED) is 0.452. The third-order valence-electron chi connectivity index (χ3n) is 3.56. The molecule has 1 atom stereocenters. The van der Waals surface area contributed by atoms with Crippen LogP contribution < -0.4 is 10.6 Å². The first kappa shape index (κ1) is 19.2. The Kier molecular flexibility index (Phi) is 7.66. The van der Waals surface area contributed by atoms with Gasteiger partial charge in [-0.15, -0.1) is 0 Å². The Hall–Kier alpha value is -2.15. The molecule has 1 aromatic heterocycles. The van der Waals surface area contributed by atoms with Crippen LogP contribution in [-0.4, -0.2) is 43.4 Å². The second-order valence-electron chi connectivity index (χ2n) is 5.79. The molecular formula is C19H26N2O4. The van der Waals surface area contributed by atoms with E-state index in [0.717, 1.165) is 30.2 Å². The molecule has 1 heterocycles. The maximum absolute atomic E-state index is 11.7. The van der Waals surface area contributed by atoms with Gasteiger partial charge in [-0.2, -0.15) is 0 Å². The van der Waals surface area contributed by atoms with Gasteiger partial charge < -0.3 is 24.9 Å². The van der Waals surface area contributed by atoms with Gasteiger partial charge in [-0.3, -0.25) is 0 Å². The third kappa shape index (κ3) is 6.34. The zero-order valence-electron chi connectivity index (χ0n) is 14.7. The predicted octanol–water partition coefficient (Wildman–Crippen LogP) is 2.18.